The van der Waals surface area contributed by atoms with Gasteiger partial charge in [-0.1, -0.05) is 12.1 Å². The molecule has 2 rings (SSSR count). The number of hydrogen-bond donors (Lipinski definition) is 1. The smallest absolute Gasteiger partial charge is 0.147 e. The van der Waals surface area contributed by atoms with Crippen molar-refractivity contribution >= 4 is 5.69 Å². The van der Waals surface area contributed by atoms with Crippen molar-refractivity contribution < 1.29 is 9.57 Å². The van der Waals surface area contributed by atoms with Crippen LogP contribution in [0.4, 0.5) is 5.69 Å². The summed E-state index contributed by atoms with van der Waals surface area (Å²) < 4.78 is 5.39. The number of rotatable bonds is 4. The van der Waals surface area contributed by atoms with Gasteiger partial charge < -0.3 is 4.74 Å². The minimum atomic E-state index is 0.684. The van der Waals surface area contributed by atoms with Crippen LogP contribution < -0.4 is 10.2 Å². The van der Waals surface area contributed by atoms with Gasteiger partial charge in [0, 0.05) is 0 Å². The summed E-state index contributed by atoms with van der Waals surface area (Å²) >= 11 is 0. The van der Waals surface area contributed by atoms with Crippen molar-refractivity contribution in [2.45, 2.75) is 18.8 Å². The highest BCUT2D eigenvalue weighted by Gasteiger charge is 2.27. The first kappa shape index (κ1) is 9.34. The maximum atomic E-state index is 5.39. The van der Waals surface area contributed by atoms with Crippen LogP contribution in [0.2, 0.25) is 0 Å². The van der Waals surface area contributed by atoms with Gasteiger partial charge in [-0.05, 0) is 30.4 Å². The van der Waals surface area contributed by atoms with Crippen LogP contribution in [0.25, 0.3) is 0 Å². The molecule has 1 fully saturated rings. The second kappa shape index (κ2) is 3.88. The Balaban J connectivity index is 2.34. The first-order valence-corrected chi connectivity index (χ1v) is 4.82. The van der Waals surface area contributed by atoms with Gasteiger partial charge in [-0.2, -0.15) is 0 Å². The molecule has 14 heavy (non-hydrogen) atoms. The molecule has 0 bridgehead atoms. The van der Waals surface area contributed by atoms with Gasteiger partial charge in [0.25, 0.3) is 0 Å². The van der Waals surface area contributed by atoms with E-state index < -0.39 is 0 Å². The van der Waals surface area contributed by atoms with Gasteiger partial charge in [-0.3, -0.25) is 10.3 Å². The molecule has 3 heteroatoms. The lowest BCUT2D eigenvalue weighted by Gasteiger charge is -2.13. The Labute approximate surface area is 84.0 Å². The van der Waals surface area contributed by atoms with Crippen LogP contribution in [0.3, 0.4) is 0 Å². The molecular formula is C11H15NO2. The van der Waals surface area contributed by atoms with Gasteiger partial charge in [0.1, 0.15) is 11.4 Å². The average Bonchev–Trinajstić information content (AvgIpc) is 3.01. The summed E-state index contributed by atoms with van der Waals surface area (Å²) in [6, 6.07) is 6.10. The van der Waals surface area contributed by atoms with E-state index in [0.29, 0.717) is 5.92 Å². The molecular weight excluding hydrogens is 178 g/mol. The van der Waals surface area contributed by atoms with Crippen molar-refractivity contribution in [2.75, 3.05) is 19.7 Å². The van der Waals surface area contributed by atoms with Gasteiger partial charge in [0.15, 0.2) is 0 Å². The van der Waals surface area contributed by atoms with Crippen LogP contribution in [0.5, 0.6) is 5.75 Å². The first-order valence-electron chi connectivity index (χ1n) is 4.82. The molecule has 1 aromatic carbocycles. The van der Waals surface area contributed by atoms with E-state index >= 15 is 0 Å². The van der Waals surface area contributed by atoms with Gasteiger partial charge >= 0.3 is 0 Å². The monoisotopic (exact) mass is 193 g/mol. The van der Waals surface area contributed by atoms with Gasteiger partial charge in [0.2, 0.25) is 0 Å². The topological polar surface area (TPSA) is 30.5 Å². The molecule has 1 aliphatic rings. The zero-order valence-electron chi connectivity index (χ0n) is 8.54. The molecule has 1 N–H and O–H groups in total. The van der Waals surface area contributed by atoms with E-state index in [1.807, 2.05) is 12.1 Å². The van der Waals surface area contributed by atoms with E-state index in [1.165, 1.54) is 18.4 Å². The fourth-order valence-corrected chi connectivity index (χ4v) is 1.69. The van der Waals surface area contributed by atoms with Crippen LogP contribution >= 0.6 is 0 Å². The molecule has 1 saturated carbocycles. The van der Waals surface area contributed by atoms with Crippen molar-refractivity contribution in [3.05, 3.63) is 23.8 Å². The lowest BCUT2D eigenvalue weighted by Crippen LogP contribution is -2.00. The second-order valence-electron chi connectivity index (χ2n) is 3.51. The summed E-state index contributed by atoms with van der Waals surface area (Å²) in [5.74, 6) is 1.60. The Morgan fingerprint density at radius 3 is 2.64 bits per heavy atom. The lowest BCUT2D eigenvalue weighted by atomic mass is 10.1. The predicted molar refractivity (Wildman–Crippen MR) is 55.6 cm³/mol. The number of para-hydroxylation sites is 1. The molecule has 0 saturated heterocycles. The molecule has 0 radical (unpaired) electrons. The number of anilines is 1. The minimum Gasteiger partial charge on any atom is -0.494 e. The third kappa shape index (κ3) is 1.68. The molecule has 0 amide bonds. The summed E-state index contributed by atoms with van der Waals surface area (Å²) in [6.45, 7) is 0. The summed E-state index contributed by atoms with van der Waals surface area (Å²) in [4.78, 5) is 4.90. The summed E-state index contributed by atoms with van der Waals surface area (Å²) in [7, 11) is 3.30. The van der Waals surface area contributed by atoms with Crippen LogP contribution in [-0.4, -0.2) is 14.2 Å². The van der Waals surface area contributed by atoms with E-state index in [2.05, 4.69) is 11.5 Å². The van der Waals surface area contributed by atoms with E-state index in [1.54, 1.807) is 14.2 Å². The third-order valence-corrected chi connectivity index (χ3v) is 2.48. The van der Waals surface area contributed by atoms with Crippen molar-refractivity contribution in [3.8, 4) is 5.75 Å². The molecule has 0 spiro atoms. The normalized spacial score (nSPS) is 15.3. The van der Waals surface area contributed by atoms with E-state index in [4.69, 9.17) is 9.57 Å². The number of methoxy groups -OCH3 is 1. The Morgan fingerprint density at radius 1 is 1.29 bits per heavy atom. The Morgan fingerprint density at radius 2 is 2.07 bits per heavy atom. The first-order chi connectivity index (χ1) is 6.86. The standard InChI is InChI=1S/C11H15NO2/c1-13-11-9(8-6-7-8)4-3-5-10(11)12-14-2/h3-5,8,12H,6-7H2,1-2H3. The summed E-state index contributed by atoms with van der Waals surface area (Å²) in [6.07, 6.45) is 2.54. The highest BCUT2D eigenvalue weighted by atomic mass is 16.6. The second-order valence-corrected chi connectivity index (χ2v) is 3.51. The average molecular weight is 193 g/mol. The molecule has 3 nitrogen and oxygen atoms in total. The Kier molecular flexibility index (Phi) is 2.59. The van der Waals surface area contributed by atoms with Gasteiger partial charge in [0.05, 0.1) is 14.2 Å². The van der Waals surface area contributed by atoms with Crippen LogP contribution in [0.15, 0.2) is 18.2 Å². The van der Waals surface area contributed by atoms with Crippen molar-refractivity contribution in [3.63, 3.8) is 0 Å². The van der Waals surface area contributed by atoms with Crippen LogP contribution in [0, 0.1) is 0 Å². The molecule has 0 heterocycles. The zero-order valence-corrected chi connectivity index (χ0v) is 8.54. The highest BCUT2D eigenvalue weighted by Crippen LogP contribution is 2.46. The Hall–Kier alpha value is -1.22. The largest absolute Gasteiger partial charge is 0.494 e. The van der Waals surface area contributed by atoms with E-state index in [9.17, 15) is 0 Å². The van der Waals surface area contributed by atoms with E-state index in [0.717, 1.165) is 11.4 Å². The third-order valence-electron chi connectivity index (χ3n) is 2.48. The summed E-state index contributed by atoms with van der Waals surface area (Å²) in [5, 5.41) is 0. The molecule has 76 valence electrons. The number of nitrogens with one attached hydrogen (secondary N) is 1. The zero-order chi connectivity index (χ0) is 9.97. The molecule has 1 aromatic rings. The molecule has 0 aliphatic heterocycles. The number of benzene rings is 1. The van der Waals surface area contributed by atoms with Gasteiger partial charge in [-0.25, -0.2) is 0 Å². The van der Waals surface area contributed by atoms with E-state index in [-0.39, 0.29) is 0 Å². The number of hydrogen-bond acceptors (Lipinski definition) is 3. The van der Waals surface area contributed by atoms with Crippen molar-refractivity contribution in [2.24, 2.45) is 0 Å². The quantitative estimate of drug-likeness (QED) is 0.745. The van der Waals surface area contributed by atoms with Crippen LogP contribution in [-0.2, 0) is 4.84 Å². The van der Waals surface area contributed by atoms with Crippen molar-refractivity contribution in [1.82, 2.24) is 0 Å². The van der Waals surface area contributed by atoms with Gasteiger partial charge in [-0.15, -0.1) is 0 Å². The molecule has 1 aliphatic carbocycles. The maximum Gasteiger partial charge on any atom is 0.147 e. The van der Waals surface area contributed by atoms with Crippen molar-refractivity contribution in [1.29, 1.82) is 0 Å². The lowest BCUT2D eigenvalue weighted by molar-refractivity contribution is 0.268. The Bertz CT molecular complexity index is 321. The fourth-order valence-electron chi connectivity index (χ4n) is 1.69. The minimum absolute atomic E-state index is 0.684. The molecule has 0 aromatic heterocycles. The summed E-state index contributed by atoms with van der Waals surface area (Å²) in [5.41, 5.74) is 5.01. The highest BCUT2D eigenvalue weighted by molar-refractivity contribution is 5.60. The number of ether oxygens (including phenoxy) is 1. The molecule has 0 atom stereocenters. The van der Waals surface area contributed by atoms with Crippen LogP contribution in [0.1, 0.15) is 24.3 Å². The fraction of sp³-hybridized carbons (Fsp3) is 0.455. The maximum absolute atomic E-state index is 5.39. The predicted octanol–water partition coefficient (Wildman–Crippen LogP) is 2.55. The molecule has 0 unspecified atom stereocenters. The SMILES string of the molecule is CONc1cccc(C2CC2)c1OC.